The van der Waals surface area contributed by atoms with Crippen LogP contribution in [0.25, 0.3) is 0 Å². The maximum Gasteiger partial charge on any atom is 0.256 e. The number of nitrogen functional groups attached to an aromatic ring is 1. The van der Waals surface area contributed by atoms with Crippen molar-refractivity contribution < 1.29 is 9.90 Å². The normalized spacial score (nSPS) is 18.3. The number of likely N-dealkylation sites (tertiary alicyclic amines) is 1. The van der Waals surface area contributed by atoms with Gasteiger partial charge in [-0.3, -0.25) is 4.79 Å². The molecule has 4 nitrogen and oxygen atoms in total. The number of phenols is 1. The fourth-order valence-electron chi connectivity index (χ4n) is 2.50. The summed E-state index contributed by atoms with van der Waals surface area (Å²) in [5.41, 5.74) is 6.99. The Kier molecular flexibility index (Phi) is 3.69. The van der Waals surface area contributed by atoms with Gasteiger partial charge in [0.25, 0.3) is 5.91 Å². The maximum absolute atomic E-state index is 12.4. The van der Waals surface area contributed by atoms with Gasteiger partial charge in [0.15, 0.2) is 0 Å². The minimum atomic E-state index is -0.0773. The second-order valence-electron chi connectivity index (χ2n) is 5.73. The van der Waals surface area contributed by atoms with Gasteiger partial charge in [0.1, 0.15) is 5.75 Å². The molecule has 1 heterocycles. The van der Waals surface area contributed by atoms with Crippen molar-refractivity contribution >= 4 is 11.6 Å². The van der Waals surface area contributed by atoms with E-state index in [1.54, 1.807) is 6.07 Å². The standard InChI is InChI=1S/C15H22N2O2/c1-3-15(2)6-8-17(9-7-15)14(19)12-10-11(18)4-5-13(12)16/h4-5,10,18H,3,6-9,16H2,1-2H3. The van der Waals surface area contributed by atoms with Crippen LogP contribution in [0.2, 0.25) is 0 Å². The zero-order valence-electron chi connectivity index (χ0n) is 11.6. The van der Waals surface area contributed by atoms with Crippen LogP contribution in [-0.4, -0.2) is 29.0 Å². The number of piperidine rings is 1. The summed E-state index contributed by atoms with van der Waals surface area (Å²) in [5, 5.41) is 9.48. The molecule has 1 saturated heterocycles. The van der Waals surface area contributed by atoms with E-state index in [-0.39, 0.29) is 11.7 Å². The van der Waals surface area contributed by atoms with Gasteiger partial charge < -0.3 is 15.7 Å². The lowest BCUT2D eigenvalue weighted by Gasteiger charge is -2.39. The van der Waals surface area contributed by atoms with Crippen molar-refractivity contribution in [3.05, 3.63) is 23.8 Å². The number of carbonyl (C=O) groups is 1. The molecule has 1 fully saturated rings. The lowest BCUT2D eigenvalue weighted by atomic mass is 9.78. The average Bonchev–Trinajstić information content (AvgIpc) is 2.42. The van der Waals surface area contributed by atoms with Crippen molar-refractivity contribution in [3.63, 3.8) is 0 Å². The highest BCUT2D eigenvalue weighted by atomic mass is 16.3. The summed E-state index contributed by atoms with van der Waals surface area (Å²) in [6, 6.07) is 4.52. The van der Waals surface area contributed by atoms with Gasteiger partial charge in [-0.1, -0.05) is 20.3 Å². The van der Waals surface area contributed by atoms with Crippen LogP contribution in [0.4, 0.5) is 5.69 Å². The van der Waals surface area contributed by atoms with Gasteiger partial charge in [-0.15, -0.1) is 0 Å². The first kappa shape index (κ1) is 13.7. The Morgan fingerprint density at radius 1 is 1.42 bits per heavy atom. The Labute approximate surface area is 114 Å². The third kappa shape index (κ3) is 2.83. The number of rotatable bonds is 2. The molecule has 0 bridgehead atoms. The van der Waals surface area contributed by atoms with Crippen LogP contribution in [-0.2, 0) is 0 Å². The monoisotopic (exact) mass is 262 g/mol. The van der Waals surface area contributed by atoms with Gasteiger partial charge in [-0.05, 0) is 36.5 Å². The fourth-order valence-corrected chi connectivity index (χ4v) is 2.50. The maximum atomic E-state index is 12.4. The van der Waals surface area contributed by atoms with Gasteiger partial charge in [-0.25, -0.2) is 0 Å². The molecule has 1 amide bonds. The van der Waals surface area contributed by atoms with Gasteiger partial charge in [0, 0.05) is 18.8 Å². The largest absolute Gasteiger partial charge is 0.508 e. The number of nitrogens with zero attached hydrogens (tertiary/aromatic N) is 1. The summed E-state index contributed by atoms with van der Waals surface area (Å²) in [4.78, 5) is 14.2. The van der Waals surface area contributed by atoms with E-state index in [2.05, 4.69) is 13.8 Å². The van der Waals surface area contributed by atoms with E-state index >= 15 is 0 Å². The average molecular weight is 262 g/mol. The Hall–Kier alpha value is -1.71. The topological polar surface area (TPSA) is 66.6 Å². The minimum absolute atomic E-state index is 0.0768. The van der Waals surface area contributed by atoms with Crippen LogP contribution < -0.4 is 5.73 Å². The van der Waals surface area contributed by atoms with Gasteiger partial charge in [0.05, 0.1) is 5.56 Å². The fraction of sp³-hybridized carbons (Fsp3) is 0.533. The van der Waals surface area contributed by atoms with Crippen LogP contribution >= 0.6 is 0 Å². The first-order chi connectivity index (χ1) is 8.95. The summed E-state index contributed by atoms with van der Waals surface area (Å²) in [6.07, 6.45) is 3.19. The summed E-state index contributed by atoms with van der Waals surface area (Å²) in [5.74, 6) is -0.000455. The SMILES string of the molecule is CCC1(C)CCN(C(=O)c2cc(O)ccc2N)CC1. The zero-order chi connectivity index (χ0) is 14.0. The summed E-state index contributed by atoms with van der Waals surface area (Å²) in [7, 11) is 0. The second-order valence-corrected chi connectivity index (χ2v) is 5.73. The van der Waals surface area contributed by atoms with E-state index in [4.69, 9.17) is 5.73 Å². The third-order valence-electron chi connectivity index (χ3n) is 4.38. The lowest BCUT2D eigenvalue weighted by Crippen LogP contribution is -2.42. The van der Waals surface area contributed by atoms with Gasteiger partial charge >= 0.3 is 0 Å². The number of benzene rings is 1. The van der Waals surface area contributed by atoms with E-state index < -0.39 is 0 Å². The molecule has 0 aliphatic carbocycles. The molecule has 3 N–H and O–H groups in total. The number of aromatic hydroxyl groups is 1. The Morgan fingerprint density at radius 3 is 2.63 bits per heavy atom. The Morgan fingerprint density at radius 2 is 2.05 bits per heavy atom. The first-order valence-electron chi connectivity index (χ1n) is 6.83. The number of hydrogen-bond acceptors (Lipinski definition) is 3. The molecule has 19 heavy (non-hydrogen) atoms. The van der Waals surface area contributed by atoms with Crippen molar-refractivity contribution in [2.45, 2.75) is 33.1 Å². The number of phenolic OH excluding ortho intramolecular Hbond substituents is 1. The van der Waals surface area contributed by atoms with E-state index in [9.17, 15) is 9.90 Å². The van der Waals surface area contributed by atoms with Gasteiger partial charge in [-0.2, -0.15) is 0 Å². The van der Waals surface area contributed by atoms with Crippen molar-refractivity contribution in [2.75, 3.05) is 18.8 Å². The number of hydrogen-bond donors (Lipinski definition) is 2. The lowest BCUT2D eigenvalue weighted by molar-refractivity contribution is 0.0601. The molecule has 1 aromatic rings. The number of amides is 1. The second kappa shape index (κ2) is 5.11. The van der Waals surface area contributed by atoms with Crippen LogP contribution in [0.15, 0.2) is 18.2 Å². The van der Waals surface area contributed by atoms with Crippen LogP contribution in [0.1, 0.15) is 43.5 Å². The molecule has 0 atom stereocenters. The highest BCUT2D eigenvalue weighted by Crippen LogP contribution is 2.34. The summed E-state index contributed by atoms with van der Waals surface area (Å²) < 4.78 is 0. The minimum Gasteiger partial charge on any atom is -0.508 e. The first-order valence-corrected chi connectivity index (χ1v) is 6.83. The molecule has 1 aliphatic rings. The molecule has 104 valence electrons. The highest BCUT2D eigenvalue weighted by molar-refractivity contribution is 5.99. The molecule has 4 heteroatoms. The van der Waals surface area contributed by atoms with Crippen LogP contribution in [0.3, 0.4) is 0 Å². The van der Waals surface area contributed by atoms with E-state index in [1.165, 1.54) is 12.1 Å². The molecule has 0 aromatic heterocycles. The number of nitrogens with two attached hydrogens (primary N) is 1. The summed E-state index contributed by atoms with van der Waals surface area (Å²) in [6.45, 7) is 6.00. The molecule has 0 radical (unpaired) electrons. The zero-order valence-corrected chi connectivity index (χ0v) is 11.6. The van der Waals surface area contributed by atoms with E-state index in [0.29, 0.717) is 16.7 Å². The van der Waals surface area contributed by atoms with Crippen molar-refractivity contribution in [3.8, 4) is 5.75 Å². The molecule has 1 aromatic carbocycles. The molecule has 0 saturated carbocycles. The molecule has 2 rings (SSSR count). The third-order valence-corrected chi connectivity index (χ3v) is 4.38. The van der Waals surface area contributed by atoms with Crippen molar-refractivity contribution in [1.82, 2.24) is 4.90 Å². The Balaban J connectivity index is 2.11. The van der Waals surface area contributed by atoms with E-state index in [0.717, 1.165) is 32.4 Å². The van der Waals surface area contributed by atoms with Gasteiger partial charge in [0.2, 0.25) is 0 Å². The molecular formula is C15H22N2O2. The Bertz CT molecular complexity index is 477. The predicted octanol–water partition coefficient (Wildman–Crippen LogP) is 2.63. The van der Waals surface area contributed by atoms with E-state index in [1.807, 2.05) is 4.90 Å². The number of anilines is 1. The van der Waals surface area contributed by atoms with Crippen molar-refractivity contribution in [1.29, 1.82) is 0 Å². The summed E-state index contributed by atoms with van der Waals surface area (Å²) >= 11 is 0. The van der Waals surface area contributed by atoms with Crippen molar-refractivity contribution in [2.24, 2.45) is 5.41 Å². The predicted molar refractivity (Wildman–Crippen MR) is 76.1 cm³/mol. The molecular weight excluding hydrogens is 240 g/mol. The molecule has 0 unspecified atom stereocenters. The van der Waals surface area contributed by atoms with Crippen LogP contribution in [0.5, 0.6) is 5.75 Å². The molecule has 1 aliphatic heterocycles. The number of carbonyl (C=O) groups excluding carboxylic acids is 1. The highest BCUT2D eigenvalue weighted by Gasteiger charge is 2.31. The van der Waals surface area contributed by atoms with Crippen LogP contribution in [0, 0.1) is 5.41 Å². The molecule has 0 spiro atoms. The smallest absolute Gasteiger partial charge is 0.256 e. The quantitative estimate of drug-likeness (QED) is 0.636.